The van der Waals surface area contributed by atoms with Crippen LogP contribution in [0.4, 0.5) is 0 Å². The average molecular weight is 819 g/mol. The SMILES string of the molecule is C/C(=N/n1c(C)ccc1-c1ccccc1)c1cccc(/C(C)=N\n2c(C)ccc2-c2ccccc2)n1.C/C(=N/n1c(C)ccc1C)c1cccc(/C(C)=N\n2c(C)ccc2C)n1. The van der Waals surface area contributed by atoms with Crippen LogP contribution in [0.1, 0.15) is 84.6 Å². The van der Waals surface area contributed by atoms with Gasteiger partial charge in [-0.1, -0.05) is 72.8 Å². The summed E-state index contributed by atoms with van der Waals surface area (Å²) in [6, 6.07) is 49.2. The fourth-order valence-electron chi connectivity index (χ4n) is 7.10. The van der Waals surface area contributed by atoms with Gasteiger partial charge in [0.2, 0.25) is 0 Å². The van der Waals surface area contributed by atoms with Gasteiger partial charge in [-0.25, -0.2) is 28.7 Å². The summed E-state index contributed by atoms with van der Waals surface area (Å²) >= 11 is 0. The van der Waals surface area contributed by atoms with Crippen molar-refractivity contribution in [2.75, 3.05) is 0 Å². The van der Waals surface area contributed by atoms with E-state index in [1.54, 1.807) is 0 Å². The van der Waals surface area contributed by atoms with Crippen molar-refractivity contribution in [2.24, 2.45) is 20.4 Å². The molecule has 0 N–H and O–H groups in total. The average Bonchev–Trinajstić information content (AvgIpc) is 4.03. The predicted molar refractivity (Wildman–Crippen MR) is 256 cm³/mol. The number of hydrogen-bond donors (Lipinski definition) is 0. The van der Waals surface area contributed by atoms with Gasteiger partial charge < -0.3 is 0 Å². The summed E-state index contributed by atoms with van der Waals surface area (Å²) in [6.45, 7) is 20.3. The molecule has 8 aromatic rings. The largest absolute Gasteiger partial charge is 0.245 e. The lowest BCUT2D eigenvalue weighted by Crippen LogP contribution is -2.09. The van der Waals surface area contributed by atoms with Crippen molar-refractivity contribution in [1.29, 1.82) is 0 Å². The summed E-state index contributed by atoms with van der Waals surface area (Å²) in [5.74, 6) is 0. The Morgan fingerprint density at radius 2 is 0.565 bits per heavy atom. The molecule has 0 fully saturated rings. The van der Waals surface area contributed by atoms with Crippen LogP contribution in [0.15, 0.2) is 166 Å². The van der Waals surface area contributed by atoms with Crippen molar-refractivity contribution in [1.82, 2.24) is 28.7 Å². The maximum absolute atomic E-state index is 4.93. The first-order valence-electron chi connectivity index (χ1n) is 20.8. The van der Waals surface area contributed by atoms with E-state index in [9.17, 15) is 0 Å². The first kappa shape index (κ1) is 42.7. The van der Waals surface area contributed by atoms with E-state index in [1.807, 2.05) is 147 Å². The molecule has 0 bridgehead atoms. The summed E-state index contributed by atoms with van der Waals surface area (Å²) in [4.78, 5) is 9.67. The standard InChI is InChI=1S/C31H29N5.C21H25N5/c1-22-18-20-30(26-12-7-5-8-13-26)35(22)33-24(3)28-16-11-17-29(32-28)25(4)34-36-23(2)19-21-31(36)27-14-9-6-10-15-27;1-14-10-11-15(2)25(14)23-18(5)20-8-7-9-21(22-20)19(6)24-26-16(3)12-13-17(26)4/h5-21H,1-4H3;7-13H,1-6H3/b33-24-,34-25-;23-18-,24-19-. The van der Waals surface area contributed by atoms with Gasteiger partial charge in [0.25, 0.3) is 0 Å². The zero-order chi connectivity index (χ0) is 43.9. The second-order valence-electron chi connectivity index (χ2n) is 15.5. The van der Waals surface area contributed by atoms with E-state index in [2.05, 4.69) is 86.6 Å². The third kappa shape index (κ3) is 9.61. The van der Waals surface area contributed by atoms with E-state index in [0.29, 0.717) is 0 Å². The Morgan fingerprint density at radius 1 is 0.306 bits per heavy atom. The van der Waals surface area contributed by atoms with Gasteiger partial charge in [0, 0.05) is 45.3 Å². The number of rotatable bonds is 10. The van der Waals surface area contributed by atoms with Gasteiger partial charge >= 0.3 is 0 Å². The molecule has 0 aliphatic carbocycles. The molecule has 0 saturated carbocycles. The van der Waals surface area contributed by atoms with Crippen LogP contribution in [-0.4, -0.2) is 51.5 Å². The van der Waals surface area contributed by atoms with Gasteiger partial charge in [-0.05, 0) is 142 Å². The Bertz CT molecular complexity index is 2720. The molecule has 6 aromatic heterocycles. The Balaban J connectivity index is 0.000000197. The molecule has 0 unspecified atom stereocenters. The monoisotopic (exact) mass is 818 g/mol. The van der Waals surface area contributed by atoms with E-state index in [-0.39, 0.29) is 0 Å². The van der Waals surface area contributed by atoms with E-state index in [4.69, 9.17) is 30.4 Å². The summed E-state index contributed by atoms with van der Waals surface area (Å²) in [5.41, 5.74) is 17.7. The zero-order valence-corrected chi connectivity index (χ0v) is 37.3. The Kier molecular flexibility index (Phi) is 13.0. The maximum Gasteiger partial charge on any atom is 0.0867 e. The highest BCUT2D eigenvalue weighted by atomic mass is 15.4. The van der Waals surface area contributed by atoms with Gasteiger partial charge in [0.05, 0.1) is 57.0 Å². The van der Waals surface area contributed by atoms with E-state index < -0.39 is 0 Å². The van der Waals surface area contributed by atoms with Crippen molar-refractivity contribution in [2.45, 2.75) is 69.2 Å². The molecule has 0 aliphatic rings. The van der Waals surface area contributed by atoms with Crippen LogP contribution in [0.5, 0.6) is 0 Å². The molecule has 2 aromatic carbocycles. The molecule has 0 amide bonds. The highest BCUT2D eigenvalue weighted by Gasteiger charge is 2.12. The van der Waals surface area contributed by atoms with Crippen molar-refractivity contribution < 1.29 is 0 Å². The number of aryl methyl sites for hydroxylation is 6. The molecule has 10 nitrogen and oxygen atoms in total. The predicted octanol–water partition coefficient (Wildman–Crippen LogP) is 11.6. The van der Waals surface area contributed by atoms with Crippen LogP contribution in [0, 0.1) is 41.5 Å². The molecule has 62 heavy (non-hydrogen) atoms. The molecule has 0 aliphatic heterocycles. The smallest absolute Gasteiger partial charge is 0.0867 e. The number of benzene rings is 2. The molecule has 0 radical (unpaired) electrons. The molecule has 0 atom stereocenters. The molecule has 10 heteroatoms. The Labute approximate surface area is 365 Å². The van der Waals surface area contributed by atoms with Gasteiger partial charge in [0.15, 0.2) is 0 Å². The third-order valence-electron chi connectivity index (χ3n) is 10.7. The second-order valence-corrected chi connectivity index (χ2v) is 15.5. The van der Waals surface area contributed by atoms with Crippen molar-refractivity contribution in [3.05, 3.63) is 203 Å². The fourth-order valence-corrected chi connectivity index (χ4v) is 7.10. The van der Waals surface area contributed by atoms with Crippen LogP contribution in [0.2, 0.25) is 0 Å². The summed E-state index contributed by atoms with van der Waals surface area (Å²) in [5, 5.41) is 19.3. The molecular formula is C52H54N10. The minimum atomic E-state index is 0.821. The molecule has 6 heterocycles. The highest BCUT2D eigenvalue weighted by molar-refractivity contribution is 6.01. The first-order chi connectivity index (χ1) is 29.9. The lowest BCUT2D eigenvalue weighted by molar-refractivity contribution is 0.809. The minimum Gasteiger partial charge on any atom is -0.245 e. The van der Waals surface area contributed by atoms with Crippen LogP contribution in [0.3, 0.4) is 0 Å². The van der Waals surface area contributed by atoms with E-state index in [1.165, 1.54) is 0 Å². The van der Waals surface area contributed by atoms with Crippen molar-refractivity contribution >= 4 is 22.8 Å². The minimum absolute atomic E-state index is 0.821. The van der Waals surface area contributed by atoms with Gasteiger partial charge in [-0.3, -0.25) is 0 Å². The topological polar surface area (TPSA) is 94.9 Å². The van der Waals surface area contributed by atoms with Crippen molar-refractivity contribution in [3.8, 4) is 22.5 Å². The number of hydrogen-bond acceptors (Lipinski definition) is 6. The van der Waals surface area contributed by atoms with Gasteiger partial charge in [0.1, 0.15) is 0 Å². The van der Waals surface area contributed by atoms with Crippen molar-refractivity contribution in [3.63, 3.8) is 0 Å². The Morgan fingerprint density at radius 3 is 0.871 bits per heavy atom. The van der Waals surface area contributed by atoms with E-state index >= 15 is 0 Å². The fraction of sp³-hybridized carbons (Fsp3) is 0.192. The van der Waals surface area contributed by atoms with Crippen LogP contribution < -0.4 is 0 Å². The first-order valence-corrected chi connectivity index (χ1v) is 20.8. The lowest BCUT2D eigenvalue weighted by atomic mass is 10.2. The molecule has 0 spiro atoms. The summed E-state index contributed by atoms with van der Waals surface area (Å²) < 4.78 is 7.85. The second kappa shape index (κ2) is 18.9. The quantitative estimate of drug-likeness (QED) is 0.129. The van der Waals surface area contributed by atoms with Crippen LogP contribution in [0.25, 0.3) is 22.5 Å². The van der Waals surface area contributed by atoms with Crippen LogP contribution in [-0.2, 0) is 0 Å². The molecule has 8 rings (SSSR count). The lowest BCUT2D eigenvalue weighted by Gasteiger charge is -2.10. The molecule has 0 saturated heterocycles. The third-order valence-corrected chi connectivity index (χ3v) is 10.7. The van der Waals surface area contributed by atoms with Gasteiger partial charge in [-0.15, -0.1) is 0 Å². The van der Waals surface area contributed by atoms with E-state index in [0.717, 1.165) is 102 Å². The zero-order valence-electron chi connectivity index (χ0n) is 37.3. The van der Waals surface area contributed by atoms with Crippen LogP contribution >= 0.6 is 0 Å². The maximum atomic E-state index is 4.93. The summed E-state index contributed by atoms with van der Waals surface area (Å²) in [6.07, 6.45) is 0. The number of pyridine rings is 2. The highest BCUT2D eigenvalue weighted by Crippen LogP contribution is 2.24. The molecular weight excluding hydrogens is 765 g/mol. The molecule has 312 valence electrons. The number of nitrogens with zero attached hydrogens (tertiary/aromatic N) is 10. The Hall–Kier alpha value is -7.46. The normalized spacial score (nSPS) is 12.4. The summed E-state index contributed by atoms with van der Waals surface area (Å²) in [7, 11) is 0. The van der Waals surface area contributed by atoms with Gasteiger partial charge in [-0.2, -0.15) is 20.4 Å². The number of aromatic nitrogens is 6.